The zero-order valence-corrected chi connectivity index (χ0v) is 15.4. The van der Waals surface area contributed by atoms with E-state index in [4.69, 9.17) is 5.26 Å². The zero-order chi connectivity index (χ0) is 19.0. The van der Waals surface area contributed by atoms with Crippen molar-refractivity contribution in [2.45, 2.75) is 38.1 Å². The molecule has 27 heavy (non-hydrogen) atoms. The van der Waals surface area contributed by atoms with E-state index < -0.39 is 5.54 Å². The average molecular weight is 362 g/mol. The van der Waals surface area contributed by atoms with Crippen molar-refractivity contribution >= 4 is 17.5 Å². The minimum absolute atomic E-state index is 0.00974. The van der Waals surface area contributed by atoms with Gasteiger partial charge in [0.05, 0.1) is 5.56 Å². The number of amides is 2. The standard InChI is InChI=1S/C21H22N4O2/c1-15-4-6-17(7-5-15)24-10-2-8-21(20(24)27)9-3-11-25(21)19(26)18-12-16(13-22)14-23-18/h4-7,12,14,23H,2-3,8-11H2,1H3. The maximum Gasteiger partial charge on any atom is 0.271 e. The van der Waals surface area contributed by atoms with Gasteiger partial charge in [-0.1, -0.05) is 17.7 Å². The summed E-state index contributed by atoms with van der Waals surface area (Å²) >= 11 is 0. The van der Waals surface area contributed by atoms with E-state index in [0.717, 1.165) is 24.1 Å². The lowest BCUT2D eigenvalue weighted by Gasteiger charge is -2.44. The lowest BCUT2D eigenvalue weighted by atomic mass is 9.85. The number of carbonyl (C=O) groups excluding carboxylic acids is 2. The van der Waals surface area contributed by atoms with E-state index in [2.05, 4.69) is 4.98 Å². The van der Waals surface area contributed by atoms with Gasteiger partial charge >= 0.3 is 0 Å². The molecule has 4 rings (SSSR count). The number of H-pyrrole nitrogens is 1. The first-order valence-electron chi connectivity index (χ1n) is 9.34. The minimum Gasteiger partial charge on any atom is -0.356 e. The second-order valence-electron chi connectivity index (χ2n) is 7.40. The van der Waals surface area contributed by atoms with Crippen LogP contribution < -0.4 is 4.90 Å². The van der Waals surface area contributed by atoms with Crippen LogP contribution in [0, 0.1) is 18.3 Å². The number of nitrogens with one attached hydrogen (secondary N) is 1. The van der Waals surface area contributed by atoms with E-state index in [9.17, 15) is 9.59 Å². The molecule has 3 heterocycles. The number of hydrogen-bond donors (Lipinski definition) is 1. The highest BCUT2D eigenvalue weighted by Crippen LogP contribution is 2.40. The van der Waals surface area contributed by atoms with Gasteiger partial charge in [-0.25, -0.2) is 0 Å². The highest BCUT2D eigenvalue weighted by Gasteiger charge is 2.53. The number of piperidine rings is 1. The third-order valence-corrected chi connectivity index (χ3v) is 5.74. The Bertz CT molecular complexity index is 924. The maximum atomic E-state index is 13.5. The summed E-state index contributed by atoms with van der Waals surface area (Å²) in [5.74, 6) is -0.191. The number of likely N-dealkylation sites (tertiary alicyclic amines) is 1. The Hall–Kier alpha value is -3.07. The molecule has 1 aromatic carbocycles. The summed E-state index contributed by atoms with van der Waals surface area (Å²) in [5.41, 5.74) is 2.04. The molecule has 2 aromatic rings. The van der Waals surface area contributed by atoms with Crippen molar-refractivity contribution in [3.05, 3.63) is 53.3 Å². The number of aryl methyl sites for hydroxylation is 1. The molecule has 0 aliphatic carbocycles. The first-order valence-corrected chi connectivity index (χ1v) is 9.34. The number of anilines is 1. The largest absolute Gasteiger partial charge is 0.356 e. The monoisotopic (exact) mass is 362 g/mol. The molecule has 2 saturated heterocycles. The molecule has 1 N–H and O–H groups in total. The molecule has 1 spiro atoms. The van der Waals surface area contributed by atoms with Crippen LogP contribution in [0.1, 0.15) is 47.3 Å². The summed E-state index contributed by atoms with van der Waals surface area (Å²) in [7, 11) is 0. The Morgan fingerprint density at radius 3 is 2.56 bits per heavy atom. The van der Waals surface area contributed by atoms with Crippen LogP contribution in [0.25, 0.3) is 0 Å². The summed E-state index contributed by atoms with van der Waals surface area (Å²) in [5, 5.41) is 9.01. The van der Waals surface area contributed by atoms with Gasteiger partial charge < -0.3 is 14.8 Å². The van der Waals surface area contributed by atoms with Crippen molar-refractivity contribution in [3.8, 4) is 6.07 Å². The highest BCUT2D eigenvalue weighted by atomic mass is 16.2. The van der Waals surface area contributed by atoms with Crippen LogP contribution in [0.5, 0.6) is 0 Å². The second kappa shape index (κ2) is 6.58. The molecule has 6 heteroatoms. The maximum absolute atomic E-state index is 13.5. The van der Waals surface area contributed by atoms with Crippen molar-refractivity contribution in [3.63, 3.8) is 0 Å². The molecule has 6 nitrogen and oxygen atoms in total. The van der Waals surface area contributed by atoms with E-state index in [1.807, 2.05) is 42.2 Å². The van der Waals surface area contributed by atoms with E-state index in [0.29, 0.717) is 37.2 Å². The third kappa shape index (κ3) is 2.80. The second-order valence-corrected chi connectivity index (χ2v) is 7.40. The van der Waals surface area contributed by atoms with Crippen molar-refractivity contribution in [2.75, 3.05) is 18.0 Å². The topological polar surface area (TPSA) is 80.2 Å². The number of aromatic nitrogens is 1. The smallest absolute Gasteiger partial charge is 0.271 e. The Balaban J connectivity index is 1.65. The number of nitriles is 1. The van der Waals surface area contributed by atoms with Crippen LogP contribution in [0.15, 0.2) is 36.5 Å². The predicted octanol–water partition coefficient (Wildman–Crippen LogP) is 3.00. The van der Waals surface area contributed by atoms with Gasteiger partial charge in [0.25, 0.3) is 11.8 Å². The lowest BCUT2D eigenvalue weighted by Crippen LogP contribution is -2.61. The van der Waals surface area contributed by atoms with Crippen LogP contribution in [-0.4, -0.2) is 40.3 Å². The van der Waals surface area contributed by atoms with Crippen LogP contribution in [-0.2, 0) is 4.79 Å². The summed E-state index contributed by atoms with van der Waals surface area (Å²) in [6.07, 6.45) is 4.57. The number of aromatic amines is 1. The van der Waals surface area contributed by atoms with Gasteiger partial charge in [-0.2, -0.15) is 5.26 Å². The fourth-order valence-electron chi connectivity index (χ4n) is 4.34. The number of rotatable bonds is 2. The lowest BCUT2D eigenvalue weighted by molar-refractivity contribution is -0.130. The molecule has 2 aliphatic heterocycles. The van der Waals surface area contributed by atoms with Gasteiger partial charge in [0.15, 0.2) is 0 Å². The van der Waals surface area contributed by atoms with E-state index >= 15 is 0 Å². The molecule has 0 bridgehead atoms. The quantitative estimate of drug-likeness (QED) is 0.892. The summed E-state index contributed by atoms with van der Waals surface area (Å²) in [4.78, 5) is 33.0. The van der Waals surface area contributed by atoms with Crippen LogP contribution in [0.2, 0.25) is 0 Å². The van der Waals surface area contributed by atoms with Gasteiger partial charge in [0.2, 0.25) is 0 Å². The normalized spacial score (nSPS) is 22.3. The first-order chi connectivity index (χ1) is 13.0. The fraction of sp³-hybridized carbons (Fsp3) is 0.381. The first kappa shape index (κ1) is 17.3. The zero-order valence-electron chi connectivity index (χ0n) is 15.4. The van der Waals surface area contributed by atoms with Crippen LogP contribution in [0.4, 0.5) is 5.69 Å². The summed E-state index contributed by atoms with van der Waals surface area (Å²) < 4.78 is 0. The van der Waals surface area contributed by atoms with E-state index in [1.54, 1.807) is 11.0 Å². The van der Waals surface area contributed by atoms with E-state index in [1.165, 1.54) is 6.20 Å². The Morgan fingerprint density at radius 1 is 1.19 bits per heavy atom. The Labute approximate surface area is 158 Å². The van der Waals surface area contributed by atoms with Crippen molar-refractivity contribution in [1.29, 1.82) is 5.26 Å². The van der Waals surface area contributed by atoms with Gasteiger partial charge in [-0.15, -0.1) is 0 Å². The SMILES string of the molecule is Cc1ccc(N2CCCC3(CCCN3C(=O)c3cc(C#N)c[nH]3)C2=O)cc1. The summed E-state index contributed by atoms with van der Waals surface area (Å²) in [6.45, 7) is 3.26. The Kier molecular flexibility index (Phi) is 4.23. The molecular weight excluding hydrogens is 340 g/mol. The molecule has 2 aliphatic rings. The minimum atomic E-state index is -0.780. The number of benzene rings is 1. The number of nitrogens with zero attached hydrogens (tertiary/aromatic N) is 3. The average Bonchev–Trinajstić information content (AvgIpc) is 3.32. The van der Waals surface area contributed by atoms with Gasteiger partial charge in [-0.3, -0.25) is 9.59 Å². The Morgan fingerprint density at radius 2 is 1.89 bits per heavy atom. The summed E-state index contributed by atoms with van der Waals surface area (Å²) in [6, 6.07) is 11.5. The number of carbonyl (C=O) groups is 2. The predicted molar refractivity (Wildman–Crippen MR) is 101 cm³/mol. The van der Waals surface area contributed by atoms with Gasteiger partial charge in [0, 0.05) is 25.0 Å². The molecule has 1 atom stereocenters. The fourth-order valence-corrected chi connectivity index (χ4v) is 4.34. The van der Waals surface area contributed by atoms with Gasteiger partial charge in [0.1, 0.15) is 17.3 Å². The molecule has 1 aromatic heterocycles. The van der Waals surface area contributed by atoms with Crippen molar-refractivity contribution < 1.29 is 9.59 Å². The third-order valence-electron chi connectivity index (χ3n) is 5.74. The van der Waals surface area contributed by atoms with Crippen LogP contribution in [0.3, 0.4) is 0 Å². The van der Waals surface area contributed by atoms with Crippen molar-refractivity contribution in [2.24, 2.45) is 0 Å². The van der Waals surface area contributed by atoms with Gasteiger partial charge in [-0.05, 0) is 50.8 Å². The molecule has 138 valence electrons. The molecule has 2 amide bonds. The molecule has 1 unspecified atom stereocenters. The molecule has 0 saturated carbocycles. The number of hydrogen-bond acceptors (Lipinski definition) is 3. The molecular formula is C21H22N4O2. The van der Waals surface area contributed by atoms with E-state index in [-0.39, 0.29) is 11.8 Å². The molecule has 2 fully saturated rings. The highest BCUT2D eigenvalue weighted by molar-refractivity contribution is 6.05. The van der Waals surface area contributed by atoms with Crippen molar-refractivity contribution in [1.82, 2.24) is 9.88 Å². The molecule has 0 radical (unpaired) electrons. The van der Waals surface area contributed by atoms with Crippen LogP contribution >= 0.6 is 0 Å².